The van der Waals surface area contributed by atoms with Crippen molar-refractivity contribution in [3.8, 4) is 0 Å². The highest BCUT2D eigenvalue weighted by Crippen LogP contribution is 2.15. The largest absolute Gasteiger partial charge is 0.241 e. The van der Waals surface area contributed by atoms with Crippen molar-refractivity contribution in [1.29, 1.82) is 0 Å². The monoisotopic (exact) mass is 150 g/mol. The molecular weight excluding hydrogens is 136 g/mol. The van der Waals surface area contributed by atoms with Crippen LogP contribution in [0.3, 0.4) is 0 Å². The average Bonchev–Trinajstić information content (AvgIpc) is 2.05. The number of aromatic nitrogens is 2. The minimum atomic E-state index is 0.579. The zero-order valence-corrected chi connectivity index (χ0v) is 7.33. The number of hydrogen-bond donors (Lipinski definition) is 0. The second kappa shape index (κ2) is 3.46. The van der Waals surface area contributed by atoms with Crippen LogP contribution in [-0.4, -0.2) is 9.97 Å². The number of rotatable bonds is 2. The SMILES string of the molecule is CC[C@H](C)c1cnc(C)nc1. The molecule has 1 heterocycles. The number of hydrogen-bond acceptors (Lipinski definition) is 2. The van der Waals surface area contributed by atoms with Crippen molar-refractivity contribution in [3.05, 3.63) is 23.8 Å². The molecule has 1 aromatic heterocycles. The Balaban J connectivity index is 2.81. The third-order valence-corrected chi connectivity index (χ3v) is 1.98. The van der Waals surface area contributed by atoms with Gasteiger partial charge in [-0.3, -0.25) is 0 Å². The van der Waals surface area contributed by atoms with E-state index in [1.807, 2.05) is 19.3 Å². The van der Waals surface area contributed by atoms with E-state index < -0.39 is 0 Å². The van der Waals surface area contributed by atoms with Gasteiger partial charge >= 0.3 is 0 Å². The van der Waals surface area contributed by atoms with E-state index in [1.54, 1.807) is 0 Å². The summed E-state index contributed by atoms with van der Waals surface area (Å²) in [6.45, 7) is 6.26. The molecular formula is C9H14N2. The molecule has 0 unspecified atom stereocenters. The van der Waals surface area contributed by atoms with Crippen LogP contribution in [0.25, 0.3) is 0 Å². The van der Waals surface area contributed by atoms with Gasteiger partial charge in [-0.05, 0) is 24.8 Å². The minimum absolute atomic E-state index is 0.579. The summed E-state index contributed by atoms with van der Waals surface area (Å²) in [4.78, 5) is 8.27. The summed E-state index contributed by atoms with van der Waals surface area (Å²) in [5.74, 6) is 1.42. The molecule has 0 aliphatic rings. The van der Waals surface area contributed by atoms with E-state index in [-0.39, 0.29) is 0 Å². The molecule has 2 heteroatoms. The predicted octanol–water partition coefficient (Wildman–Crippen LogP) is 2.30. The summed E-state index contributed by atoms with van der Waals surface area (Å²) in [6, 6.07) is 0. The van der Waals surface area contributed by atoms with Crippen LogP contribution in [-0.2, 0) is 0 Å². The zero-order valence-electron chi connectivity index (χ0n) is 7.33. The van der Waals surface area contributed by atoms with E-state index in [0.717, 1.165) is 12.2 Å². The molecule has 0 aliphatic heterocycles. The molecule has 0 fully saturated rings. The third kappa shape index (κ3) is 2.00. The molecule has 1 rings (SSSR count). The number of aryl methyl sites for hydroxylation is 1. The predicted molar refractivity (Wildman–Crippen MR) is 45.5 cm³/mol. The molecule has 0 aromatic carbocycles. The quantitative estimate of drug-likeness (QED) is 0.646. The van der Waals surface area contributed by atoms with Crippen LogP contribution >= 0.6 is 0 Å². The normalized spacial score (nSPS) is 13.0. The Morgan fingerprint density at radius 1 is 1.36 bits per heavy atom. The topological polar surface area (TPSA) is 25.8 Å². The maximum atomic E-state index is 4.14. The molecule has 1 aromatic rings. The maximum absolute atomic E-state index is 4.14. The molecule has 0 aliphatic carbocycles. The molecule has 60 valence electrons. The van der Waals surface area contributed by atoms with Crippen molar-refractivity contribution in [2.24, 2.45) is 0 Å². The highest BCUT2D eigenvalue weighted by Gasteiger charge is 2.01. The lowest BCUT2D eigenvalue weighted by molar-refractivity contribution is 0.722. The molecule has 0 radical (unpaired) electrons. The van der Waals surface area contributed by atoms with Gasteiger partial charge < -0.3 is 0 Å². The number of nitrogens with zero attached hydrogens (tertiary/aromatic N) is 2. The van der Waals surface area contributed by atoms with Gasteiger partial charge in [-0.1, -0.05) is 13.8 Å². The van der Waals surface area contributed by atoms with Gasteiger partial charge in [0.2, 0.25) is 0 Å². The molecule has 0 N–H and O–H groups in total. The maximum Gasteiger partial charge on any atom is 0.125 e. The van der Waals surface area contributed by atoms with Crippen LogP contribution in [0.1, 0.15) is 37.6 Å². The van der Waals surface area contributed by atoms with Gasteiger partial charge in [0, 0.05) is 12.4 Å². The molecule has 11 heavy (non-hydrogen) atoms. The second-order valence-corrected chi connectivity index (χ2v) is 2.87. The van der Waals surface area contributed by atoms with Crippen molar-refractivity contribution >= 4 is 0 Å². The molecule has 0 spiro atoms. The fourth-order valence-electron chi connectivity index (χ4n) is 0.893. The van der Waals surface area contributed by atoms with Crippen molar-refractivity contribution in [1.82, 2.24) is 9.97 Å². The van der Waals surface area contributed by atoms with Crippen molar-refractivity contribution in [2.75, 3.05) is 0 Å². The van der Waals surface area contributed by atoms with Crippen LogP contribution in [0, 0.1) is 6.92 Å². The molecule has 2 nitrogen and oxygen atoms in total. The molecule has 0 amide bonds. The Kier molecular flexibility index (Phi) is 2.58. The van der Waals surface area contributed by atoms with E-state index in [1.165, 1.54) is 5.56 Å². The van der Waals surface area contributed by atoms with Gasteiger partial charge in [-0.2, -0.15) is 0 Å². The van der Waals surface area contributed by atoms with Crippen LogP contribution in [0.2, 0.25) is 0 Å². The zero-order chi connectivity index (χ0) is 8.27. The third-order valence-electron chi connectivity index (χ3n) is 1.98. The van der Waals surface area contributed by atoms with Gasteiger partial charge in [0.25, 0.3) is 0 Å². The lowest BCUT2D eigenvalue weighted by Crippen LogP contribution is -1.95. The molecule has 0 saturated carbocycles. The Hall–Kier alpha value is -0.920. The van der Waals surface area contributed by atoms with Gasteiger partial charge in [-0.25, -0.2) is 9.97 Å². The Morgan fingerprint density at radius 2 is 1.91 bits per heavy atom. The molecule has 0 bridgehead atoms. The Bertz CT molecular complexity index is 216. The lowest BCUT2D eigenvalue weighted by Gasteiger charge is -2.06. The first-order chi connectivity index (χ1) is 5.24. The summed E-state index contributed by atoms with van der Waals surface area (Å²) in [5.41, 5.74) is 1.23. The van der Waals surface area contributed by atoms with Crippen molar-refractivity contribution in [3.63, 3.8) is 0 Å². The van der Waals surface area contributed by atoms with E-state index >= 15 is 0 Å². The minimum Gasteiger partial charge on any atom is -0.241 e. The highest BCUT2D eigenvalue weighted by atomic mass is 14.8. The fraction of sp³-hybridized carbons (Fsp3) is 0.556. The first kappa shape index (κ1) is 8.18. The van der Waals surface area contributed by atoms with Crippen LogP contribution in [0.15, 0.2) is 12.4 Å². The van der Waals surface area contributed by atoms with Gasteiger partial charge in [0.05, 0.1) is 0 Å². The van der Waals surface area contributed by atoms with E-state index in [2.05, 4.69) is 23.8 Å². The highest BCUT2D eigenvalue weighted by molar-refractivity contribution is 5.09. The van der Waals surface area contributed by atoms with E-state index in [4.69, 9.17) is 0 Å². The fourth-order valence-corrected chi connectivity index (χ4v) is 0.893. The smallest absolute Gasteiger partial charge is 0.125 e. The second-order valence-electron chi connectivity index (χ2n) is 2.87. The van der Waals surface area contributed by atoms with Crippen molar-refractivity contribution < 1.29 is 0 Å². The summed E-state index contributed by atoms with van der Waals surface area (Å²) >= 11 is 0. The van der Waals surface area contributed by atoms with Crippen LogP contribution < -0.4 is 0 Å². The van der Waals surface area contributed by atoms with E-state index in [0.29, 0.717) is 5.92 Å². The van der Waals surface area contributed by atoms with E-state index in [9.17, 15) is 0 Å². The average molecular weight is 150 g/mol. The van der Waals surface area contributed by atoms with Crippen LogP contribution in [0.5, 0.6) is 0 Å². The van der Waals surface area contributed by atoms with Crippen LogP contribution in [0.4, 0.5) is 0 Å². The Labute approximate surface area is 67.7 Å². The molecule has 0 saturated heterocycles. The van der Waals surface area contributed by atoms with Gasteiger partial charge in [0.1, 0.15) is 5.82 Å². The summed E-state index contributed by atoms with van der Waals surface area (Å²) < 4.78 is 0. The summed E-state index contributed by atoms with van der Waals surface area (Å²) in [7, 11) is 0. The molecule has 1 atom stereocenters. The summed E-state index contributed by atoms with van der Waals surface area (Å²) in [6.07, 6.45) is 4.97. The van der Waals surface area contributed by atoms with Crippen molar-refractivity contribution in [2.45, 2.75) is 33.1 Å². The Morgan fingerprint density at radius 3 is 2.36 bits per heavy atom. The standard InChI is InChI=1S/C9H14N2/c1-4-7(2)9-5-10-8(3)11-6-9/h5-7H,4H2,1-3H3/t7-/m0/s1. The summed E-state index contributed by atoms with van der Waals surface area (Å²) in [5, 5.41) is 0. The van der Waals surface area contributed by atoms with Gasteiger partial charge in [-0.15, -0.1) is 0 Å². The lowest BCUT2D eigenvalue weighted by atomic mass is 10.0. The van der Waals surface area contributed by atoms with Gasteiger partial charge in [0.15, 0.2) is 0 Å². The first-order valence-electron chi connectivity index (χ1n) is 4.02. The first-order valence-corrected chi connectivity index (χ1v) is 4.02.